The first-order valence-electron chi connectivity index (χ1n) is 9.60. The van der Waals surface area contributed by atoms with Crippen molar-refractivity contribution in [2.75, 3.05) is 0 Å². The van der Waals surface area contributed by atoms with Crippen molar-refractivity contribution >= 4 is 11.9 Å². The van der Waals surface area contributed by atoms with E-state index in [4.69, 9.17) is 5.11 Å². The molecule has 0 spiro atoms. The van der Waals surface area contributed by atoms with Crippen LogP contribution < -0.4 is 56.7 Å². The number of hydrogen-bond donors (Lipinski definition) is 2. The average Bonchev–Trinajstić information content (AvgIpc) is 2.51. The van der Waals surface area contributed by atoms with E-state index in [2.05, 4.69) is 12.2 Å². The molecule has 5 heteroatoms. The Hall–Kier alpha value is 0.576. The Balaban J connectivity index is -0.00000242. The van der Waals surface area contributed by atoms with Crippen molar-refractivity contribution in [3.8, 4) is 0 Å². The van der Waals surface area contributed by atoms with E-state index in [1.54, 1.807) is 0 Å². The van der Waals surface area contributed by atoms with Gasteiger partial charge in [-0.05, 0) is 13.3 Å². The number of nitrogens with one attached hydrogen (secondary N) is 1. The summed E-state index contributed by atoms with van der Waals surface area (Å²) in [6.07, 6.45) is 17.1. The van der Waals surface area contributed by atoms with E-state index in [1.165, 1.54) is 77.6 Å². The zero-order valence-electron chi connectivity index (χ0n) is 17.2. The number of rotatable bonds is 16. The van der Waals surface area contributed by atoms with Gasteiger partial charge >= 0.3 is 57.4 Å². The third-order valence-corrected chi connectivity index (χ3v) is 4.26. The van der Waals surface area contributed by atoms with Crippen LogP contribution in [0, 0.1) is 0 Å². The molecule has 0 saturated carbocycles. The summed E-state index contributed by atoms with van der Waals surface area (Å²) in [6, 6.07) is -0.788. The van der Waals surface area contributed by atoms with Crippen LogP contribution in [0.1, 0.15) is 105 Å². The summed E-state index contributed by atoms with van der Waals surface area (Å²) >= 11 is 0. The molecular formula is C19H38KNO3. The summed E-state index contributed by atoms with van der Waals surface area (Å²) < 4.78 is 0. The zero-order valence-corrected chi connectivity index (χ0v) is 19.4. The van der Waals surface area contributed by atoms with E-state index in [9.17, 15) is 9.59 Å². The number of amides is 1. The standard InChI is InChI=1S/C19H37NO3.K.H/c1-3-4-5-6-7-8-9-10-11-12-13-14-15-16-18(21)20-17(2)19(22)23;;/h17H,3-16H2,1-2H3,(H,20,21)(H,22,23);;/q;+1;-1/t17-;;/m0../s1. The summed E-state index contributed by atoms with van der Waals surface area (Å²) in [5.41, 5.74) is 0. The van der Waals surface area contributed by atoms with Crippen molar-refractivity contribution in [3.63, 3.8) is 0 Å². The molecule has 0 saturated heterocycles. The largest absolute Gasteiger partial charge is 1.00 e. The molecule has 138 valence electrons. The maximum Gasteiger partial charge on any atom is 1.00 e. The topological polar surface area (TPSA) is 66.4 Å². The molecule has 1 amide bonds. The quantitative estimate of drug-likeness (QED) is 0.325. The Kier molecular flexibility index (Phi) is 22.2. The molecule has 0 unspecified atom stereocenters. The van der Waals surface area contributed by atoms with Gasteiger partial charge in [0.05, 0.1) is 0 Å². The Bertz CT molecular complexity index is 317. The van der Waals surface area contributed by atoms with E-state index in [1.807, 2.05) is 0 Å². The van der Waals surface area contributed by atoms with Gasteiger partial charge in [0.25, 0.3) is 0 Å². The SMILES string of the molecule is CCCCCCCCCCCCCCCC(=O)N[C@@H](C)C(=O)O.[H-].[K+]. The van der Waals surface area contributed by atoms with Gasteiger partial charge in [-0.2, -0.15) is 0 Å². The van der Waals surface area contributed by atoms with Crippen LogP contribution in [0.25, 0.3) is 0 Å². The smallest absolute Gasteiger partial charge is 1.00 e. The number of carboxylic acid groups (broad SMARTS) is 1. The van der Waals surface area contributed by atoms with E-state index in [0.717, 1.165) is 12.8 Å². The number of aliphatic carboxylic acids is 1. The molecule has 0 aliphatic carbocycles. The average molecular weight is 368 g/mol. The Morgan fingerprint density at radius 2 is 1.21 bits per heavy atom. The van der Waals surface area contributed by atoms with Crippen LogP contribution in [-0.4, -0.2) is 23.0 Å². The second-order valence-electron chi connectivity index (χ2n) is 6.62. The number of unbranched alkanes of at least 4 members (excludes halogenated alkanes) is 12. The molecule has 0 fully saturated rings. The number of carbonyl (C=O) groups excluding carboxylic acids is 1. The first kappa shape index (κ1) is 26.8. The van der Waals surface area contributed by atoms with Gasteiger partial charge in [0.1, 0.15) is 6.04 Å². The van der Waals surface area contributed by atoms with Crippen LogP contribution in [0.5, 0.6) is 0 Å². The van der Waals surface area contributed by atoms with Crippen molar-refractivity contribution < 1.29 is 67.5 Å². The minimum absolute atomic E-state index is 0. The van der Waals surface area contributed by atoms with Crippen LogP contribution >= 0.6 is 0 Å². The predicted octanol–water partition coefficient (Wildman–Crippen LogP) is 2.17. The van der Waals surface area contributed by atoms with E-state index in [0.29, 0.717) is 6.42 Å². The van der Waals surface area contributed by atoms with Crippen LogP contribution in [-0.2, 0) is 9.59 Å². The fourth-order valence-corrected chi connectivity index (χ4v) is 2.68. The third kappa shape index (κ3) is 18.9. The zero-order chi connectivity index (χ0) is 17.3. The van der Waals surface area contributed by atoms with Crippen molar-refractivity contribution in [2.24, 2.45) is 0 Å². The number of carboxylic acids is 1. The Morgan fingerprint density at radius 3 is 1.58 bits per heavy atom. The molecule has 24 heavy (non-hydrogen) atoms. The maximum atomic E-state index is 11.5. The number of hydrogen-bond acceptors (Lipinski definition) is 2. The summed E-state index contributed by atoms with van der Waals surface area (Å²) in [5, 5.41) is 11.2. The second kappa shape index (κ2) is 19.9. The second-order valence-corrected chi connectivity index (χ2v) is 6.62. The van der Waals surface area contributed by atoms with Gasteiger partial charge < -0.3 is 11.8 Å². The van der Waals surface area contributed by atoms with Gasteiger partial charge in [0, 0.05) is 6.42 Å². The molecule has 0 aliphatic rings. The van der Waals surface area contributed by atoms with Crippen LogP contribution in [0.3, 0.4) is 0 Å². The third-order valence-electron chi connectivity index (χ3n) is 4.26. The molecular weight excluding hydrogens is 329 g/mol. The summed E-state index contributed by atoms with van der Waals surface area (Å²) in [4.78, 5) is 22.1. The summed E-state index contributed by atoms with van der Waals surface area (Å²) in [7, 11) is 0. The van der Waals surface area contributed by atoms with Gasteiger partial charge in [-0.1, -0.05) is 84.0 Å². The van der Waals surface area contributed by atoms with E-state index >= 15 is 0 Å². The molecule has 0 aromatic rings. The van der Waals surface area contributed by atoms with Crippen LogP contribution in [0.15, 0.2) is 0 Å². The van der Waals surface area contributed by atoms with Gasteiger partial charge in [-0.25, -0.2) is 0 Å². The first-order valence-corrected chi connectivity index (χ1v) is 9.60. The fourth-order valence-electron chi connectivity index (χ4n) is 2.68. The Labute approximate surface area is 192 Å². The molecule has 0 radical (unpaired) electrons. The molecule has 1 atom stereocenters. The van der Waals surface area contributed by atoms with Crippen LogP contribution in [0.4, 0.5) is 0 Å². The first-order chi connectivity index (χ1) is 11.1. The van der Waals surface area contributed by atoms with Crippen molar-refractivity contribution in [2.45, 2.75) is 110 Å². The maximum absolute atomic E-state index is 11.5. The molecule has 0 bridgehead atoms. The van der Waals surface area contributed by atoms with Crippen molar-refractivity contribution in [1.82, 2.24) is 5.32 Å². The summed E-state index contributed by atoms with van der Waals surface area (Å²) in [5.74, 6) is -1.13. The molecule has 2 N–H and O–H groups in total. The van der Waals surface area contributed by atoms with E-state index < -0.39 is 12.0 Å². The molecule has 0 aromatic heterocycles. The van der Waals surface area contributed by atoms with Gasteiger partial charge in [0.2, 0.25) is 5.91 Å². The minimum Gasteiger partial charge on any atom is -1.00 e. The van der Waals surface area contributed by atoms with Gasteiger partial charge in [-0.3, -0.25) is 9.59 Å². The molecule has 0 rings (SSSR count). The molecule has 0 aliphatic heterocycles. The number of carbonyl (C=O) groups is 2. The fraction of sp³-hybridized carbons (Fsp3) is 0.895. The van der Waals surface area contributed by atoms with Crippen molar-refractivity contribution in [3.05, 3.63) is 0 Å². The molecule has 4 nitrogen and oxygen atoms in total. The molecule has 0 aromatic carbocycles. The monoisotopic (exact) mass is 367 g/mol. The van der Waals surface area contributed by atoms with Gasteiger partial charge in [-0.15, -0.1) is 0 Å². The normalized spacial score (nSPS) is 11.6. The predicted molar refractivity (Wildman–Crippen MR) is 96.7 cm³/mol. The molecule has 0 heterocycles. The summed E-state index contributed by atoms with van der Waals surface area (Å²) in [6.45, 7) is 3.74. The van der Waals surface area contributed by atoms with Gasteiger partial charge in [0.15, 0.2) is 0 Å². The Morgan fingerprint density at radius 1 is 0.833 bits per heavy atom. The minimum atomic E-state index is -0.983. The van der Waals surface area contributed by atoms with Crippen LogP contribution in [0.2, 0.25) is 0 Å². The van der Waals surface area contributed by atoms with Crippen molar-refractivity contribution in [1.29, 1.82) is 0 Å². The van der Waals surface area contributed by atoms with E-state index in [-0.39, 0.29) is 58.7 Å².